The average Bonchev–Trinajstić information content (AvgIpc) is 3.06. The van der Waals surface area contributed by atoms with Crippen LogP contribution < -0.4 is 5.32 Å². The van der Waals surface area contributed by atoms with Crippen molar-refractivity contribution in [2.45, 2.75) is 17.1 Å². The van der Waals surface area contributed by atoms with Gasteiger partial charge in [-0.15, -0.1) is 11.8 Å². The summed E-state index contributed by atoms with van der Waals surface area (Å²) in [7, 11) is 0. The van der Waals surface area contributed by atoms with Crippen LogP contribution in [0.4, 0.5) is 5.13 Å². The van der Waals surface area contributed by atoms with Gasteiger partial charge in [0.1, 0.15) is 0 Å². The van der Waals surface area contributed by atoms with Gasteiger partial charge in [-0.05, 0) is 31.2 Å². The molecule has 7 heteroatoms. The van der Waals surface area contributed by atoms with Gasteiger partial charge >= 0.3 is 0 Å². The van der Waals surface area contributed by atoms with Gasteiger partial charge in [0.25, 0.3) is 0 Å². The van der Waals surface area contributed by atoms with Crippen molar-refractivity contribution in [2.24, 2.45) is 0 Å². The molecule has 1 atom stereocenters. The number of carbonyl (C=O) groups is 1. The minimum absolute atomic E-state index is 0.106. The van der Waals surface area contributed by atoms with Gasteiger partial charge in [0.2, 0.25) is 11.0 Å². The van der Waals surface area contributed by atoms with Gasteiger partial charge in [0, 0.05) is 27.0 Å². The number of hydrogen-bond donors (Lipinski definition) is 1. The Balaban J connectivity index is 1.62. The zero-order valence-electron chi connectivity index (χ0n) is 12.8. The lowest BCUT2D eigenvalue weighted by Gasteiger charge is -2.10. The summed E-state index contributed by atoms with van der Waals surface area (Å²) in [5.74, 6) is 0.514. The first-order chi connectivity index (χ1) is 11.6. The zero-order chi connectivity index (χ0) is 16.9. The molecule has 122 valence electrons. The normalized spacial score (nSPS) is 11.9. The van der Waals surface area contributed by atoms with Crippen molar-refractivity contribution in [1.29, 1.82) is 0 Å². The molecule has 1 aromatic heterocycles. The number of carbonyl (C=O) groups excluding carboxylic acids is 1. The molecule has 1 heterocycles. The van der Waals surface area contributed by atoms with Crippen LogP contribution in [0.15, 0.2) is 59.5 Å². The van der Waals surface area contributed by atoms with E-state index in [1.807, 2.05) is 61.5 Å². The lowest BCUT2D eigenvalue weighted by Crippen LogP contribution is -2.22. The number of thioether (sulfide) groups is 1. The highest BCUT2D eigenvalue weighted by Crippen LogP contribution is 2.26. The van der Waals surface area contributed by atoms with Gasteiger partial charge in [-0.3, -0.25) is 10.1 Å². The summed E-state index contributed by atoms with van der Waals surface area (Å²) < 4.78 is 4.29. The summed E-state index contributed by atoms with van der Waals surface area (Å²) in [6.45, 7) is 1.85. The maximum absolute atomic E-state index is 12.3. The Morgan fingerprint density at radius 2 is 1.88 bits per heavy atom. The number of halogens is 1. The predicted octanol–water partition coefficient (Wildman–Crippen LogP) is 4.98. The Morgan fingerprint density at radius 3 is 2.58 bits per heavy atom. The number of anilines is 1. The lowest BCUT2D eigenvalue weighted by molar-refractivity contribution is -0.115. The first kappa shape index (κ1) is 17.0. The van der Waals surface area contributed by atoms with Crippen molar-refractivity contribution in [2.75, 3.05) is 5.32 Å². The van der Waals surface area contributed by atoms with E-state index in [-0.39, 0.29) is 11.2 Å². The summed E-state index contributed by atoms with van der Waals surface area (Å²) in [6.07, 6.45) is 0. The number of amides is 1. The van der Waals surface area contributed by atoms with E-state index in [9.17, 15) is 4.79 Å². The van der Waals surface area contributed by atoms with E-state index in [0.29, 0.717) is 16.0 Å². The van der Waals surface area contributed by atoms with E-state index in [0.717, 1.165) is 10.5 Å². The molecular formula is C17H14ClN3OS2. The van der Waals surface area contributed by atoms with Gasteiger partial charge in [0.05, 0.1) is 5.25 Å². The molecule has 24 heavy (non-hydrogen) atoms. The molecule has 0 bridgehead atoms. The lowest BCUT2D eigenvalue weighted by atomic mass is 10.2. The Hall–Kier alpha value is -1.89. The molecule has 1 unspecified atom stereocenters. The number of nitrogens with zero attached hydrogens (tertiary/aromatic N) is 2. The van der Waals surface area contributed by atoms with Crippen LogP contribution in [0, 0.1) is 0 Å². The number of hydrogen-bond acceptors (Lipinski definition) is 5. The summed E-state index contributed by atoms with van der Waals surface area (Å²) in [5, 5.41) is 3.75. The molecule has 0 aliphatic heterocycles. The van der Waals surface area contributed by atoms with E-state index < -0.39 is 0 Å². The molecule has 0 saturated carbocycles. The summed E-state index contributed by atoms with van der Waals surface area (Å²) in [5.41, 5.74) is 0.929. The highest BCUT2D eigenvalue weighted by Gasteiger charge is 2.17. The fourth-order valence-electron chi connectivity index (χ4n) is 1.96. The Morgan fingerprint density at radius 1 is 1.17 bits per heavy atom. The SMILES string of the molecule is CC(Sc1ccc(Cl)cc1)C(=O)Nc1nc(-c2ccccc2)ns1. The van der Waals surface area contributed by atoms with Gasteiger partial charge < -0.3 is 0 Å². The number of benzene rings is 2. The molecule has 0 saturated heterocycles. The van der Waals surface area contributed by atoms with Crippen LogP contribution >= 0.6 is 34.9 Å². The molecule has 0 spiro atoms. The van der Waals surface area contributed by atoms with Gasteiger partial charge in [-0.1, -0.05) is 41.9 Å². The van der Waals surface area contributed by atoms with Crippen molar-refractivity contribution < 1.29 is 4.79 Å². The summed E-state index contributed by atoms with van der Waals surface area (Å²) in [6, 6.07) is 17.1. The van der Waals surface area contributed by atoms with Crippen molar-refractivity contribution >= 4 is 45.9 Å². The minimum atomic E-state index is -0.254. The molecule has 0 aliphatic rings. The number of aromatic nitrogens is 2. The van der Waals surface area contributed by atoms with Gasteiger partial charge in [-0.25, -0.2) is 0 Å². The highest BCUT2D eigenvalue weighted by atomic mass is 35.5. The third-order valence-corrected chi connectivity index (χ3v) is 5.18. The molecular weight excluding hydrogens is 362 g/mol. The fraction of sp³-hybridized carbons (Fsp3) is 0.118. The van der Waals surface area contributed by atoms with Crippen LogP contribution in [-0.2, 0) is 4.79 Å². The van der Waals surface area contributed by atoms with E-state index in [2.05, 4.69) is 14.7 Å². The first-order valence-electron chi connectivity index (χ1n) is 7.24. The van der Waals surface area contributed by atoms with Crippen LogP contribution in [0.5, 0.6) is 0 Å². The molecule has 4 nitrogen and oxygen atoms in total. The second-order valence-corrected chi connectivity index (χ2v) is 7.59. The molecule has 1 amide bonds. The smallest absolute Gasteiger partial charge is 0.239 e. The van der Waals surface area contributed by atoms with E-state index in [1.54, 1.807) is 0 Å². The third kappa shape index (κ3) is 4.35. The Bertz CT molecular complexity index is 821. The molecule has 0 radical (unpaired) electrons. The van der Waals surface area contributed by atoms with Crippen molar-refractivity contribution in [3.63, 3.8) is 0 Å². The van der Waals surface area contributed by atoms with Crippen molar-refractivity contribution in [3.8, 4) is 11.4 Å². The quantitative estimate of drug-likeness (QED) is 0.639. The molecule has 2 aromatic carbocycles. The number of rotatable bonds is 5. The average molecular weight is 376 g/mol. The van der Waals surface area contributed by atoms with E-state index >= 15 is 0 Å². The van der Waals surface area contributed by atoms with Gasteiger partial charge in [-0.2, -0.15) is 9.36 Å². The van der Waals surface area contributed by atoms with Crippen LogP contribution in [0.25, 0.3) is 11.4 Å². The molecule has 3 aromatic rings. The molecule has 3 rings (SSSR count). The Labute approximate surface area is 153 Å². The first-order valence-corrected chi connectivity index (χ1v) is 9.27. The van der Waals surface area contributed by atoms with E-state index in [1.165, 1.54) is 23.3 Å². The second kappa shape index (κ2) is 7.79. The maximum atomic E-state index is 12.3. The van der Waals surface area contributed by atoms with Crippen LogP contribution in [-0.4, -0.2) is 20.5 Å². The van der Waals surface area contributed by atoms with Crippen molar-refractivity contribution in [3.05, 3.63) is 59.6 Å². The molecule has 0 aliphatic carbocycles. The largest absolute Gasteiger partial charge is 0.300 e. The van der Waals surface area contributed by atoms with Crippen LogP contribution in [0.3, 0.4) is 0 Å². The summed E-state index contributed by atoms with van der Waals surface area (Å²) >= 11 is 8.52. The topological polar surface area (TPSA) is 54.9 Å². The maximum Gasteiger partial charge on any atom is 0.239 e. The fourth-order valence-corrected chi connectivity index (χ4v) is 3.54. The molecule has 1 N–H and O–H groups in total. The standard InChI is InChI=1S/C17H14ClN3OS2/c1-11(23-14-9-7-13(18)8-10-14)16(22)20-17-19-15(21-24-17)12-5-3-2-4-6-12/h2-11H,1H3,(H,19,20,21,22). The third-order valence-electron chi connectivity index (χ3n) is 3.18. The Kier molecular flexibility index (Phi) is 5.50. The zero-order valence-corrected chi connectivity index (χ0v) is 15.2. The van der Waals surface area contributed by atoms with Crippen molar-refractivity contribution in [1.82, 2.24) is 9.36 Å². The predicted molar refractivity (Wildman–Crippen MR) is 101 cm³/mol. The minimum Gasteiger partial charge on any atom is -0.300 e. The van der Waals surface area contributed by atoms with E-state index in [4.69, 9.17) is 11.6 Å². The highest BCUT2D eigenvalue weighted by molar-refractivity contribution is 8.00. The summed E-state index contributed by atoms with van der Waals surface area (Å²) in [4.78, 5) is 17.7. The second-order valence-electron chi connectivity index (χ2n) is 4.99. The molecule has 0 fully saturated rings. The van der Waals surface area contributed by atoms with Gasteiger partial charge in [0.15, 0.2) is 5.82 Å². The van der Waals surface area contributed by atoms with Crippen LogP contribution in [0.2, 0.25) is 5.02 Å². The number of nitrogens with one attached hydrogen (secondary N) is 1. The monoisotopic (exact) mass is 375 g/mol. The van der Waals surface area contributed by atoms with Crippen LogP contribution in [0.1, 0.15) is 6.92 Å².